The highest BCUT2D eigenvalue weighted by Gasteiger charge is 2.26. The lowest BCUT2D eigenvalue weighted by molar-refractivity contribution is -0.122. The van der Waals surface area contributed by atoms with Crippen LogP contribution in [0.25, 0.3) is 0 Å². The highest BCUT2D eigenvalue weighted by Crippen LogP contribution is 2.21. The summed E-state index contributed by atoms with van der Waals surface area (Å²) in [5, 5.41) is 3.10. The summed E-state index contributed by atoms with van der Waals surface area (Å²) in [6.07, 6.45) is 5.64. The maximum absolute atomic E-state index is 12.4. The minimum absolute atomic E-state index is 0.0206. The lowest BCUT2D eigenvalue weighted by atomic mass is 9.86. The molecule has 24 heavy (non-hydrogen) atoms. The van der Waals surface area contributed by atoms with Gasteiger partial charge < -0.3 is 14.5 Å². The van der Waals surface area contributed by atoms with E-state index in [0.29, 0.717) is 13.1 Å². The van der Waals surface area contributed by atoms with Gasteiger partial charge in [-0.3, -0.25) is 9.59 Å². The van der Waals surface area contributed by atoms with Gasteiger partial charge in [-0.15, -0.1) is 0 Å². The minimum atomic E-state index is -0.0839. The SMILES string of the molecule is Cc1cccc(=O)n1CCC(=O)N[C@H](Cn1ccnc1)C(C)(C)C. The van der Waals surface area contributed by atoms with E-state index in [0.717, 1.165) is 5.69 Å². The zero-order valence-electron chi connectivity index (χ0n) is 14.8. The molecule has 0 aliphatic heterocycles. The van der Waals surface area contributed by atoms with Gasteiger partial charge in [-0.1, -0.05) is 26.8 Å². The van der Waals surface area contributed by atoms with Crippen LogP contribution in [0.2, 0.25) is 0 Å². The van der Waals surface area contributed by atoms with E-state index in [4.69, 9.17) is 0 Å². The number of hydrogen-bond acceptors (Lipinski definition) is 3. The summed E-state index contributed by atoms with van der Waals surface area (Å²) in [6, 6.07) is 5.10. The molecule has 0 aliphatic rings. The third-order valence-electron chi connectivity index (χ3n) is 4.16. The number of carbonyl (C=O) groups is 1. The van der Waals surface area contributed by atoms with Gasteiger partial charge in [-0.25, -0.2) is 4.98 Å². The van der Waals surface area contributed by atoms with Crippen LogP contribution in [0.3, 0.4) is 0 Å². The molecule has 0 spiro atoms. The predicted octanol–water partition coefficient (Wildman–Crippen LogP) is 1.97. The fourth-order valence-electron chi connectivity index (χ4n) is 2.53. The summed E-state index contributed by atoms with van der Waals surface area (Å²) in [5.41, 5.74) is 0.703. The van der Waals surface area contributed by atoms with Crippen LogP contribution in [0, 0.1) is 12.3 Å². The topological polar surface area (TPSA) is 68.9 Å². The van der Waals surface area contributed by atoms with Gasteiger partial charge in [0.25, 0.3) is 5.56 Å². The van der Waals surface area contributed by atoms with E-state index in [1.54, 1.807) is 23.2 Å². The molecule has 0 saturated heterocycles. The number of aryl methyl sites for hydroxylation is 1. The van der Waals surface area contributed by atoms with Crippen molar-refractivity contribution in [1.29, 1.82) is 0 Å². The predicted molar refractivity (Wildman–Crippen MR) is 93.7 cm³/mol. The maximum atomic E-state index is 12.4. The average Bonchev–Trinajstić information content (AvgIpc) is 2.98. The summed E-state index contributed by atoms with van der Waals surface area (Å²) in [4.78, 5) is 28.3. The molecule has 1 amide bonds. The summed E-state index contributed by atoms with van der Waals surface area (Å²) >= 11 is 0. The molecule has 2 aromatic heterocycles. The van der Waals surface area contributed by atoms with Gasteiger partial charge >= 0.3 is 0 Å². The molecular formula is C18H26N4O2. The molecular weight excluding hydrogens is 304 g/mol. The standard InChI is InChI=1S/C18H26N4O2/c1-14-6-5-7-17(24)22(14)10-8-16(23)20-15(18(2,3)4)12-21-11-9-19-13-21/h5-7,9,11,13,15H,8,10,12H2,1-4H3,(H,20,23)/t15-/m1/s1. The largest absolute Gasteiger partial charge is 0.351 e. The number of aromatic nitrogens is 3. The molecule has 2 heterocycles. The van der Waals surface area contributed by atoms with E-state index < -0.39 is 0 Å². The van der Waals surface area contributed by atoms with Gasteiger partial charge in [-0.05, 0) is 18.4 Å². The smallest absolute Gasteiger partial charge is 0.250 e. The van der Waals surface area contributed by atoms with Crippen molar-refractivity contribution < 1.29 is 4.79 Å². The summed E-state index contributed by atoms with van der Waals surface area (Å²) in [6.45, 7) is 9.22. The number of rotatable bonds is 6. The van der Waals surface area contributed by atoms with Crippen LogP contribution >= 0.6 is 0 Å². The fraction of sp³-hybridized carbons (Fsp3) is 0.500. The van der Waals surface area contributed by atoms with Gasteiger partial charge in [0.1, 0.15) is 0 Å². The number of hydrogen-bond donors (Lipinski definition) is 1. The van der Waals surface area contributed by atoms with E-state index >= 15 is 0 Å². The van der Waals surface area contributed by atoms with Crippen molar-refractivity contribution in [3.05, 3.63) is 53.0 Å². The van der Waals surface area contributed by atoms with E-state index in [1.807, 2.05) is 23.8 Å². The lowest BCUT2D eigenvalue weighted by Gasteiger charge is -2.32. The number of pyridine rings is 1. The first-order valence-electron chi connectivity index (χ1n) is 8.19. The van der Waals surface area contributed by atoms with Crippen LogP contribution in [0.4, 0.5) is 0 Å². The summed E-state index contributed by atoms with van der Waals surface area (Å²) in [5.74, 6) is -0.0507. The Balaban J connectivity index is 1.99. The second-order valence-corrected chi connectivity index (χ2v) is 7.15. The molecule has 0 saturated carbocycles. The molecule has 0 unspecified atom stereocenters. The van der Waals surface area contributed by atoms with Crippen molar-refractivity contribution in [1.82, 2.24) is 19.4 Å². The Morgan fingerprint density at radius 1 is 1.33 bits per heavy atom. The second kappa shape index (κ2) is 7.47. The Bertz CT molecular complexity index is 726. The number of carbonyl (C=O) groups excluding carboxylic acids is 1. The van der Waals surface area contributed by atoms with Gasteiger partial charge in [0.15, 0.2) is 0 Å². The van der Waals surface area contributed by atoms with Gasteiger partial charge in [-0.2, -0.15) is 0 Å². The molecule has 1 atom stereocenters. The molecule has 2 rings (SSSR count). The van der Waals surface area contributed by atoms with Gasteiger partial charge in [0.2, 0.25) is 5.91 Å². The van der Waals surface area contributed by atoms with Crippen LogP contribution in [0.1, 0.15) is 32.9 Å². The second-order valence-electron chi connectivity index (χ2n) is 7.15. The first-order valence-corrected chi connectivity index (χ1v) is 8.19. The van der Waals surface area contributed by atoms with Crippen molar-refractivity contribution in [3.8, 4) is 0 Å². The third-order valence-corrected chi connectivity index (χ3v) is 4.16. The van der Waals surface area contributed by atoms with E-state index in [2.05, 4.69) is 31.1 Å². The Labute approximate surface area is 142 Å². The third kappa shape index (κ3) is 4.81. The van der Waals surface area contributed by atoms with Gasteiger partial charge in [0, 0.05) is 43.7 Å². The maximum Gasteiger partial charge on any atom is 0.250 e. The molecule has 2 aromatic rings. The number of nitrogens with zero attached hydrogens (tertiary/aromatic N) is 3. The Kier molecular flexibility index (Phi) is 5.59. The van der Waals surface area contributed by atoms with Crippen molar-refractivity contribution in [2.75, 3.05) is 0 Å². The van der Waals surface area contributed by atoms with Crippen molar-refractivity contribution >= 4 is 5.91 Å². The Morgan fingerprint density at radius 2 is 2.08 bits per heavy atom. The van der Waals surface area contributed by atoms with Crippen LogP contribution in [0.5, 0.6) is 0 Å². The van der Waals surface area contributed by atoms with E-state index in [-0.39, 0.29) is 29.3 Å². The summed E-state index contributed by atoms with van der Waals surface area (Å²) < 4.78 is 3.59. The monoisotopic (exact) mass is 330 g/mol. The van der Waals surface area contributed by atoms with Crippen LogP contribution < -0.4 is 10.9 Å². The molecule has 0 fully saturated rings. The van der Waals surface area contributed by atoms with Gasteiger partial charge in [0.05, 0.1) is 12.4 Å². The number of nitrogens with one attached hydrogen (secondary N) is 1. The zero-order valence-corrected chi connectivity index (χ0v) is 14.8. The fourth-order valence-corrected chi connectivity index (χ4v) is 2.53. The van der Waals surface area contributed by atoms with Crippen LogP contribution in [0.15, 0.2) is 41.7 Å². The van der Waals surface area contributed by atoms with E-state index in [1.165, 1.54) is 6.07 Å². The van der Waals surface area contributed by atoms with Crippen molar-refractivity contribution in [3.63, 3.8) is 0 Å². The molecule has 0 bridgehead atoms. The molecule has 130 valence electrons. The zero-order chi connectivity index (χ0) is 17.7. The molecule has 6 nitrogen and oxygen atoms in total. The molecule has 0 aromatic carbocycles. The quantitative estimate of drug-likeness (QED) is 0.880. The highest BCUT2D eigenvalue weighted by molar-refractivity contribution is 5.76. The van der Waals surface area contributed by atoms with Crippen LogP contribution in [-0.2, 0) is 17.9 Å². The number of amides is 1. The lowest BCUT2D eigenvalue weighted by Crippen LogP contribution is -2.46. The molecule has 0 aliphatic carbocycles. The minimum Gasteiger partial charge on any atom is -0.351 e. The molecule has 0 radical (unpaired) electrons. The number of imidazole rings is 1. The van der Waals surface area contributed by atoms with Crippen molar-refractivity contribution in [2.24, 2.45) is 5.41 Å². The molecule has 1 N–H and O–H groups in total. The Hall–Kier alpha value is -2.37. The van der Waals surface area contributed by atoms with Crippen molar-refractivity contribution in [2.45, 2.75) is 53.2 Å². The highest BCUT2D eigenvalue weighted by atomic mass is 16.2. The van der Waals surface area contributed by atoms with Crippen LogP contribution in [-0.4, -0.2) is 26.1 Å². The molecule has 6 heteroatoms. The first-order chi connectivity index (χ1) is 11.3. The summed E-state index contributed by atoms with van der Waals surface area (Å²) in [7, 11) is 0. The average molecular weight is 330 g/mol. The Morgan fingerprint density at radius 3 is 2.67 bits per heavy atom. The van der Waals surface area contributed by atoms with E-state index in [9.17, 15) is 9.59 Å². The normalized spacial score (nSPS) is 12.8. The first kappa shape index (κ1) is 18.0.